The van der Waals surface area contributed by atoms with Crippen molar-refractivity contribution in [3.63, 3.8) is 0 Å². The van der Waals surface area contributed by atoms with Gasteiger partial charge in [0.25, 0.3) is 0 Å². The number of ketones is 1. The topological polar surface area (TPSA) is 59.8 Å². The highest BCUT2D eigenvalue weighted by Crippen LogP contribution is 2.36. The van der Waals surface area contributed by atoms with Crippen LogP contribution >= 0.6 is 0 Å². The van der Waals surface area contributed by atoms with E-state index in [1.165, 1.54) is 19.4 Å². The van der Waals surface area contributed by atoms with Crippen LogP contribution in [0.4, 0.5) is 0 Å². The molecule has 1 aliphatic rings. The molecule has 1 aromatic heterocycles. The summed E-state index contributed by atoms with van der Waals surface area (Å²) in [6.45, 7) is 3.81. The van der Waals surface area contributed by atoms with E-state index in [0.29, 0.717) is 12.3 Å². The molecule has 2 heterocycles. The molecule has 25 heavy (non-hydrogen) atoms. The number of hydrogen-bond acceptors (Lipinski definition) is 5. The predicted octanol–water partition coefficient (Wildman–Crippen LogP) is 2.77. The molecule has 0 aliphatic carbocycles. The van der Waals surface area contributed by atoms with E-state index in [2.05, 4.69) is 4.90 Å². The Morgan fingerprint density at radius 2 is 1.92 bits per heavy atom. The zero-order valence-corrected chi connectivity index (χ0v) is 14.7. The summed E-state index contributed by atoms with van der Waals surface area (Å²) in [6, 6.07) is 11.5. The summed E-state index contributed by atoms with van der Waals surface area (Å²) in [6.07, 6.45) is 2.89. The Labute approximate surface area is 147 Å². The Hall–Kier alpha value is -2.40. The van der Waals surface area contributed by atoms with Gasteiger partial charge in [0.15, 0.2) is 0 Å². The summed E-state index contributed by atoms with van der Waals surface area (Å²) >= 11 is 0. The first-order valence-electron chi connectivity index (χ1n) is 8.50. The number of hydrogen-bond donors (Lipinski definition) is 0. The molecular formula is C20H23NO4. The van der Waals surface area contributed by atoms with Crippen LogP contribution in [0.5, 0.6) is 5.75 Å². The lowest BCUT2D eigenvalue weighted by Gasteiger charge is -2.40. The van der Waals surface area contributed by atoms with E-state index in [9.17, 15) is 9.59 Å². The third kappa shape index (κ3) is 3.51. The first-order valence-corrected chi connectivity index (χ1v) is 8.50. The molecule has 0 N–H and O–H groups in total. The molecule has 0 amide bonds. The molecule has 3 rings (SSSR count). The van der Waals surface area contributed by atoms with Crippen molar-refractivity contribution in [3.05, 3.63) is 64.2 Å². The fourth-order valence-corrected chi connectivity index (χ4v) is 3.58. The lowest BCUT2D eigenvalue weighted by atomic mass is 9.70. The smallest absolute Gasteiger partial charge is 0.227 e. The molecule has 1 saturated heterocycles. The van der Waals surface area contributed by atoms with E-state index in [4.69, 9.17) is 9.15 Å². The first-order chi connectivity index (χ1) is 12.0. The fourth-order valence-electron chi connectivity index (χ4n) is 3.58. The van der Waals surface area contributed by atoms with Crippen LogP contribution in [0.15, 0.2) is 51.9 Å². The SMILES string of the molecule is COc1coc(CN2CCC(C(C)=O)(c3ccccc3)CC2)cc1=O. The van der Waals surface area contributed by atoms with Crippen LogP contribution in [0.3, 0.4) is 0 Å². The van der Waals surface area contributed by atoms with Crippen molar-refractivity contribution in [1.29, 1.82) is 0 Å². The van der Waals surface area contributed by atoms with Crippen molar-refractivity contribution in [2.24, 2.45) is 0 Å². The van der Waals surface area contributed by atoms with Crippen molar-refractivity contribution in [2.45, 2.75) is 31.7 Å². The molecule has 0 saturated carbocycles. The lowest BCUT2D eigenvalue weighted by molar-refractivity contribution is -0.124. The summed E-state index contributed by atoms with van der Waals surface area (Å²) in [5.41, 5.74) is 0.514. The van der Waals surface area contributed by atoms with Crippen LogP contribution in [-0.4, -0.2) is 30.9 Å². The molecule has 1 aliphatic heterocycles. The molecule has 1 aromatic carbocycles. The third-order valence-electron chi connectivity index (χ3n) is 5.16. The number of methoxy groups -OCH3 is 1. The fraction of sp³-hybridized carbons (Fsp3) is 0.400. The van der Waals surface area contributed by atoms with Crippen LogP contribution in [-0.2, 0) is 16.8 Å². The first kappa shape index (κ1) is 17.4. The van der Waals surface area contributed by atoms with E-state index in [1.807, 2.05) is 30.3 Å². The van der Waals surface area contributed by atoms with E-state index in [0.717, 1.165) is 31.5 Å². The highest BCUT2D eigenvalue weighted by atomic mass is 16.5. The molecule has 0 bridgehead atoms. The van der Waals surface area contributed by atoms with Crippen LogP contribution < -0.4 is 10.2 Å². The van der Waals surface area contributed by atoms with Gasteiger partial charge in [-0.15, -0.1) is 0 Å². The summed E-state index contributed by atoms with van der Waals surface area (Å²) in [7, 11) is 1.45. The molecule has 0 spiro atoms. The number of rotatable bonds is 5. The van der Waals surface area contributed by atoms with Gasteiger partial charge in [-0.2, -0.15) is 0 Å². The number of likely N-dealkylation sites (tertiary alicyclic amines) is 1. The van der Waals surface area contributed by atoms with Gasteiger partial charge in [-0.3, -0.25) is 14.5 Å². The van der Waals surface area contributed by atoms with Crippen LogP contribution in [0.25, 0.3) is 0 Å². The summed E-state index contributed by atoms with van der Waals surface area (Å²) < 4.78 is 10.4. The number of nitrogens with zero attached hydrogens (tertiary/aromatic N) is 1. The molecule has 132 valence electrons. The Bertz CT molecular complexity index is 789. The maximum Gasteiger partial charge on any atom is 0.227 e. The standard InChI is InChI=1S/C20H23NO4/c1-15(22)20(16-6-4-3-5-7-16)8-10-21(11-9-20)13-17-12-18(23)19(24-2)14-25-17/h3-7,12,14H,8-11,13H2,1-2H3. The monoisotopic (exact) mass is 341 g/mol. The van der Waals surface area contributed by atoms with E-state index in [-0.39, 0.29) is 17.0 Å². The van der Waals surface area contributed by atoms with Gasteiger partial charge in [0.05, 0.1) is 19.1 Å². The van der Waals surface area contributed by atoms with Crippen LogP contribution in [0, 0.1) is 0 Å². The number of carbonyl (C=O) groups excluding carboxylic acids is 1. The van der Waals surface area contributed by atoms with Gasteiger partial charge in [-0.1, -0.05) is 30.3 Å². The van der Waals surface area contributed by atoms with E-state index >= 15 is 0 Å². The van der Waals surface area contributed by atoms with Gasteiger partial charge in [-0.05, 0) is 38.4 Å². The van der Waals surface area contributed by atoms with Crippen molar-refractivity contribution in [3.8, 4) is 5.75 Å². The number of Topliss-reactive ketones (excluding diaryl/α,β-unsaturated/α-hetero) is 1. The lowest BCUT2D eigenvalue weighted by Crippen LogP contribution is -2.46. The number of ether oxygens (including phenoxy) is 1. The number of carbonyl (C=O) groups is 1. The van der Waals surface area contributed by atoms with Gasteiger partial charge < -0.3 is 9.15 Å². The normalized spacial score (nSPS) is 17.2. The Balaban J connectivity index is 1.71. The second-order valence-electron chi connectivity index (χ2n) is 6.56. The summed E-state index contributed by atoms with van der Waals surface area (Å²) in [5.74, 6) is 1.04. The van der Waals surface area contributed by atoms with E-state index < -0.39 is 5.41 Å². The highest BCUT2D eigenvalue weighted by Gasteiger charge is 2.40. The van der Waals surface area contributed by atoms with Crippen molar-refractivity contribution in [2.75, 3.05) is 20.2 Å². The molecule has 0 atom stereocenters. The predicted molar refractivity (Wildman–Crippen MR) is 94.8 cm³/mol. The van der Waals surface area contributed by atoms with Crippen LogP contribution in [0.2, 0.25) is 0 Å². The second kappa shape index (κ2) is 7.23. The summed E-state index contributed by atoms with van der Waals surface area (Å²) in [5, 5.41) is 0. The summed E-state index contributed by atoms with van der Waals surface area (Å²) in [4.78, 5) is 26.5. The molecule has 1 fully saturated rings. The average Bonchev–Trinajstić information content (AvgIpc) is 2.63. The quantitative estimate of drug-likeness (QED) is 0.837. The van der Waals surface area contributed by atoms with E-state index in [1.54, 1.807) is 6.92 Å². The van der Waals surface area contributed by atoms with Gasteiger partial charge in [0, 0.05) is 6.07 Å². The number of piperidine rings is 1. The molecule has 0 unspecified atom stereocenters. The van der Waals surface area contributed by atoms with Crippen molar-refractivity contribution >= 4 is 5.78 Å². The zero-order valence-electron chi connectivity index (χ0n) is 14.7. The largest absolute Gasteiger partial charge is 0.490 e. The van der Waals surface area contributed by atoms with Gasteiger partial charge in [-0.25, -0.2) is 0 Å². The maximum absolute atomic E-state index is 12.4. The molecule has 5 nitrogen and oxygen atoms in total. The molecule has 2 aromatic rings. The minimum atomic E-state index is -0.404. The third-order valence-corrected chi connectivity index (χ3v) is 5.16. The van der Waals surface area contributed by atoms with Crippen molar-refractivity contribution in [1.82, 2.24) is 4.90 Å². The van der Waals surface area contributed by atoms with Crippen LogP contribution in [0.1, 0.15) is 31.1 Å². The molecule has 5 heteroatoms. The molecular weight excluding hydrogens is 318 g/mol. The minimum absolute atomic E-state index is 0.178. The average molecular weight is 341 g/mol. The Kier molecular flexibility index (Phi) is 5.04. The maximum atomic E-state index is 12.4. The van der Waals surface area contributed by atoms with Gasteiger partial charge in [0.2, 0.25) is 11.2 Å². The number of benzene rings is 1. The molecule has 0 radical (unpaired) electrons. The van der Waals surface area contributed by atoms with Gasteiger partial charge in [0.1, 0.15) is 17.8 Å². The van der Waals surface area contributed by atoms with Gasteiger partial charge >= 0.3 is 0 Å². The highest BCUT2D eigenvalue weighted by molar-refractivity contribution is 5.88. The van der Waals surface area contributed by atoms with Crippen molar-refractivity contribution < 1.29 is 13.9 Å². The Morgan fingerprint density at radius 1 is 1.24 bits per heavy atom. The Morgan fingerprint density at radius 3 is 2.48 bits per heavy atom. The minimum Gasteiger partial charge on any atom is -0.490 e. The second-order valence-corrected chi connectivity index (χ2v) is 6.56. The zero-order chi connectivity index (χ0) is 17.9.